The summed E-state index contributed by atoms with van der Waals surface area (Å²) in [4.78, 5) is 48.0. The summed E-state index contributed by atoms with van der Waals surface area (Å²) in [5.41, 5.74) is 3.18. The number of nitrogens with one attached hydrogen (secondary N) is 1. The van der Waals surface area contributed by atoms with Crippen LogP contribution < -0.4 is 15.1 Å². The van der Waals surface area contributed by atoms with Crippen LogP contribution in [0, 0.1) is 0 Å². The van der Waals surface area contributed by atoms with Gasteiger partial charge >= 0.3 is 11.9 Å². The van der Waals surface area contributed by atoms with E-state index in [1.807, 2.05) is 30.3 Å². The standard InChI is InChI=1S/C30H40ClN3O6.C4H4O4/c1-3-40-29(35)11-8-15-32-14-6-7-16-33-26-9-4-5-10-27(26)34(17-18-38-21-22-39-20-19-37-2)30(36)25-13-12-24(31)23-28(25)33;5-3-8-2-1-4(6)7/h4-5,8-13,23,32H,3,6-7,14-22H2,1-2H3;1-3H,(H,6,7)/b11-8+;2-1-. The molecule has 1 heterocycles. The fraction of sp³-hybridized carbons (Fsp3) is 0.412. The Bertz CT molecular complexity index is 1350. The minimum atomic E-state index is -1.15. The summed E-state index contributed by atoms with van der Waals surface area (Å²) in [6.45, 7) is 7.16. The Hall–Kier alpha value is -4.27. The number of carbonyl (C=O) groups excluding carboxylic acids is 3. The van der Waals surface area contributed by atoms with Gasteiger partial charge < -0.3 is 43.9 Å². The predicted molar refractivity (Wildman–Crippen MR) is 182 cm³/mol. The number of carboxylic acids is 1. The van der Waals surface area contributed by atoms with Crippen LogP contribution in [0.25, 0.3) is 0 Å². The Morgan fingerprint density at radius 3 is 2.31 bits per heavy atom. The van der Waals surface area contributed by atoms with Crippen molar-refractivity contribution in [1.82, 2.24) is 5.32 Å². The number of para-hydroxylation sites is 2. The van der Waals surface area contributed by atoms with Gasteiger partial charge in [-0.15, -0.1) is 0 Å². The number of benzene rings is 2. The Morgan fingerprint density at radius 2 is 1.62 bits per heavy atom. The van der Waals surface area contributed by atoms with Gasteiger partial charge in [0.1, 0.15) is 6.26 Å². The summed E-state index contributed by atoms with van der Waals surface area (Å²) in [6, 6.07) is 13.3. The Labute approximate surface area is 286 Å². The van der Waals surface area contributed by atoms with Gasteiger partial charge in [0.05, 0.1) is 68.3 Å². The van der Waals surface area contributed by atoms with Crippen molar-refractivity contribution in [1.29, 1.82) is 0 Å². The lowest BCUT2D eigenvalue weighted by molar-refractivity contribution is -0.137. The van der Waals surface area contributed by atoms with Crippen LogP contribution in [0.4, 0.5) is 17.1 Å². The molecule has 0 spiro atoms. The highest BCUT2D eigenvalue weighted by atomic mass is 35.5. The summed E-state index contributed by atoms with van der Waals surface area (Å²) in [5.74, 6) is -1.56. The van der Waals surface area contributed by atoms with Crippen molar-refractivity contribution in [3.8, 4) is 0 Å². The van der Waals surface area contributed by atoms with Crippen LogP contribution in [-0.4, -0.2) is 102 Å². The quantitative estimate of drug-likeness (QED) is 0.0629. The largest absolute Gasteiger partial charge is 0.478 e. The molecule has 1 aliphatic rings. The second-order valence-corrected chi connectivity index (χ2v) is 10.4. The van der Waals surface area contributed by atoms with Crippen LogP contribution in [0.1, 0.15) is 30.1 Å². The smallest absolute Gasteiger partial charge is 0.331 e. The van der Waals surface area contributed by atoms with Crippen molar-refractivity contribution in [2.45, 2.75) is 19.8 Å². The van der Waals surface area contributed by atoms with Gasteiger partial charge in [-0.05, 0) is 56.6 Å². The lowest BCUT2D eigenvalue weighted by atomic mass is 10.1. The Morgan fingerprint density at radius 1 is 0.917 bits per heavy atom. The zero-order chi connectivity index (χ0) is 35.0. The number of aliphatic carboxylic acids is 1. The Balaban J connectivity index is 0.000000886. The molecule has 0 aromatic heterocycles. The van der Waals surface area contributed by atoms with E-state index in [1.165, 1.54) is 6.08 Å². The van der Waals surface area contributed by atoms with Gasteiger partial charge in [0.15, 0.2) is 0 Å². The number of halogens is 1. The number of methoxy groups -OCH3 is 1. The average molecular weight is 690 g/mol. The van der Waals surface area contributed by atoms with Crippen molar-refractivity contribution in [2.75, 3.05) is 82.7 Å². The van der Waals surface area contributed by atoms with Crippen molar-refractivity contribution in [3.63, 3.8) is 0 Å². The second-order valence-electron chi connectivity index (χ2n) is 9.92. The van der Waals surface area contributed by atoms with E-state index in [-0.39, 0.29) is 18.3 Å². The topological polar surface area (TPSA) is 153 Å². The van der Waals surface area contributed by atoms with E-state index in [0.717, 1.165) is 42.7 Å². The lowest BCUT2D eigenvalue weighted by Crippen LogP contribution is -2.33. The van der Waals surface area contributed by atoms with E-state index in [9.17, 15) is 19.2 Å². The van der Waals surface area contributed by atoms with E-state index in [4.69, 9.17) is 35.7 Å². The van der Waals surface area contributed by atoms with Gasteiger partial charge in [-0.1, -0.05) is 29.8 Å². The molecule has 13 nitrogen and oxygen atoms in total. The van der Waals surface area contributed by atoms with E-state index >= 15 is 0 Å². The highest BCUT2D eigenvalue weighted by molar-refractivity contribution is 6.31. The van der Waals surface area contributed by atoms with E-state index < -0.39 is 5.97 Å². The normalized spacial score (nSPS) is 12.3. The molecule has 0 unspecified atom stereocenters. The van der Waals surface area contributed by atoms with E-state index in [1.54, 1.807) is 37.1 Å². The number of amides is 1. The molecule has 2 N–H and O–H groups in total. The van der Waals surface area contributed by atoms with E-state index in [0.29, 0.717) is 75.9 Å². The van der Waals surface area contributed by atoms with Crippen molar-refractivity contribution in [2.24, 2.45) is 0 Å². The maximum Gasteiger partial charge on any atom is 0.331 e. The molecule has 0 saturated heterocycles. The molecule has 2 aromatic rings. The highest BCUT2D eigenvalue weighted by Crippen LogP contribution is 2.41. The molecule has 1 amide bonds. The SMILES string of the molecule is CCOC(=O)/C=C/CNCCCCN1c2cc(Cl)ccc2C(=O)N(CCOCCOCCOC)c2ccccc21.O=CO/C=C\C(=O)O. The number of hydrogen-bond acceptors (Lipinski definition) is 11. The summed E-state index contributed by atoms with van der Waals surface area (Å²) >= 11 is 6.40. The number of esters is 1. The molecule has 0 aliphatic carbocycles. The fourth-order valence-corrected chi connectivity index (χ4v) is 4.64. The molecule has 48 heavy (non-hydrogen) atoms. The molecule has 0 bridgehead atoms. The van der Waals surface area contributed by atoms with Gasteiger partial charge in [0, 0.05) is 37.8 Å². The highest BCUT2D eigenvalue weighted by Gasteiger charge is 2.30. The maximum absolute atomic E-state index is 13.8. The van der Waals surface area contributed by atoms with Crippen molar-refractivity contribution in [3.05, 3.63) is 77.5 Å². The van der Waals surface area contributed by atoms with Gasteiger partial charge in [-0.25, -0.2) is 9.59 Å². The summed E-state index contributed by atoms with van der Waals surface area (Å²) in [5, 5.41) is 11.8. The van der Waals surface area contributed by atoms with Gasteiger partial charge in [0.25, 0.3) is 12.4 Å². The molecule has 0 radical (unpaired) electrons. The molecule has 3 rings (SSSR count). The third-order valence-corrected chi connectivity index (χ3v) is 6.82. The molecule has 0 saturated carbocycles. The zero-order valence-corrected chi connectivity index (χ0v) is 28.1. The first kappa shape index (κ1) is 39.9. The molecule has 0 fully saturated rings. The number of unbranched alkanes of at least 4 members (excludes halogenated alkanes) is 1. The summed E-state index contributed by atoms with van der Waals surface area (Å²) < 4.78 is 25.0. The minimum Gasteiger partial charge on any atom is -0.478 e. The lowest BCUT2D eigenvalue weighted by Gasteiger charge is -2.27. The molecule has 262 valence electrons. The summed E-state index contributed by atoms with van der Waals surface area (Å²) in [6.07, 6.45) is 6.51. The number of fused-ring (bicyclic) bond motifs is 2. The first-order valence-electron chi connectivity index (χ1n) is 15.5. The molecular formula is C34H44ClN3O10. The third kappa shape index (κ3) is 14.7. The predicted octanol–water partition coefficient (Wildman–Crippen LogP) is 4.36. The summed E-state index contributed by atoms with van der Waals surface area (Å²) in [7, 11) is 1.64. The number of ether oxygens (including phenoxy) is 5. The second kappa shape index (κ2) is 24.0. The van der Waals surface area contributed by atoms with Crippen LogP contribution >= 0.6 is 11.6 Å². The number of hydrogen-bond donors (Lipinski definition) is 2. The van der Waals surface area contributed by atoms with Crippen LogP contribution in [0.5, 0.6) is 0 Å². The average Bonchev–Trinajstić information content (AvgIpc) is 3.16. The van der Waals surface area contributed by atoms with Crippen LogP contribution in [0.2, 0.25) is 5.02 Å². The van der Waals surface area contributed by atoms with Crippen molar-refractivity contribution < 1.29 is 48.0 Å². The van der Waals surface area contributed by atoms with Gasteiger partial charge in [-0.3, -0.25) is 9.59 Å². The number of carbonyl (C=O) groups is 4. The van der Waals surface area contributed by atoms with Gasteiger partial charge in [0.2, 0.25) is 0 Å². The third-order valence-electron chi connectivity index (χ3n) is 6.59. The van der Waals surface area contributed by atoms with Crippen LogP contribution in [0.15, 0.2) is 67.0 Å². The molecule has 1 aliphatic heterocycles. The molecule has 2 aromatic carbocycles. The first-order valence-corrected chi connectivity index (χ1v) is 15.9. The Kier molecular flexibility index (Phi) is 19.9. The van der Waals surface area contributed by atoms with Crippen LogP contribution in [-0.2, 0) is 38.1 Å². The maximum atomic E-state index is 13.8. The fourth-order valence-electron chi connectivity index (χ4n) is 4.48. The van der Waals surface area contributed by atoms with Crippen LogP contribution in [0.3, 0.4) is 0 Å². The molecule has 0 atom stereocenters. The van der Waals surface area contributed by atoms with E-state index in [2.05, 4.69) is 15.0 Å². The molecule has 14 heteroatoms. The number of anilines is 3. The number of rotatable bonds is 21. The number of carboxylic acid groups (broad SMARTS) is 1. The van der Waals surface area contributed by atoms with Crippen molar-refractivity contribution >= 4 is 53.0 Å². The minimum absolute atomic E-state index is 0.0865. The first-order chi connectivity index (χ1) is 23.3. The number of nitrogens with zero attached hydrogens (tertiary/aromatic N) is 2. The van der Waals surface area contributed by atoms with Gasteiger partial charge in [-0.2, -0.15) is 0 Å². The zero-order valence-electron chi connectivity index (χ0n) is 27.3. The molecular weight excluding hydrogens is 646 g/mol. The monoisotopic (exact) mass is 689 g/mol.